The van der Waals surface area contributed by atoms with Crippen molar-refractivity contribution < 1.29 is 9.53 Å². The van der Waals surface area contributed by atoms with Gasteiger partial charge < -0.3 is 10.1 Å². The Morgan fingerprint density at radius 2 is 2.33 bits per heavy atom. The summed E-state index contributed by atoms with van der Waals surface area (Å²) in [6.45, 7) is 3.36. The quantitative estimate of drug-likeness (QED) is 0.846. The van der Waals surface area contributed by atoms with E-state index in [1.165, 1.54) is 4.91 Å². The van der Waals surface area contributed by atoms with Gasteiger partial charge in [-0.2, -0.15) is 5.26 Å². The normalized spacial score (nSPS) is 32.1. The van der Waals surface area contributed by atoms with Crippen LogP contribution in [0.4, 0.5) is 0 Å². The Morgan fingerprint density at radius 3 is 3.10 bits per heavy atom. The largest absolute Gasteiger partial charge is 0.379 e. The van der Waals surface area contributed by atoms with Crippen LogP contribution in [0.15, 0.2) is 23.1 Å². The van der Waals surface area contributed by atoms with Crippen molar-refractivity contribution in [3.05, 3.63) is 23.1 Å². The van der Waals surface area contributed by atoms with Gasteiger partial charge in [-0.25, -0.2) is 0 Å². The number of nitrogens with zero attached hydrogens (tertiary/aromatic N) is 2. The molecule has 2 heterocycles. The van der Waals surface area contributed by atoms with Crippen LogP contribution in [0.1, 0.15) is 6.42 Å². The first-order valence-corrected chi connectivity index (χ1v) is 8.18. The number of rotatable bonds is 3. The average molecular weight is 305 g/mol. The van der Waals surface area contributed by atoms with Gasteiger partial charge in [-0.1, -0.05) is 18.2 Å². The van der Waals surface area contributed by atoms with E-state index in [1.807, 2.05) is 6.08 Å². The van der Waals surface area contributed by atoms with Gasteiger partial charge in [0.25, 0.3) is 0 Å². The zero-order valence-electron chi connectivity index (χ0n) is 11.8. The highest BCUT2D eigenvalue weighted by Gasteiger charge is 2.41. The maximum Gasteiger partial charge on any atom is 0.235 e. The fourth-order valence-corrected chi connectivity index (χ4v) is 4.41. The Balaban J connectivity index is 1.57. The number of nitrogens with one attached hydrogen (secondary N) is 1. The average Bonchev–Trinajstić information content (AvgIpc) is 2.85. The van der Waals surface area contributed by atoms with Crippen molar-refractivity contribution in [3.63, 3.8) is 0 Å². The highest BCUT2D eigenvalue weighted by Crippen LogP contribution is 2.47. The molecular weight excluding hydrogens is 286 g/mol. The Labute approximate surface area is 129 Å². The van der Waals surface area contributed by atoms with Crippen LogP contribution in [0.3, 0.4) is 0 Å². The number of fused-ring (bicyclic) bond motifs is 1. The van der Waals surface area contributed by atoms with Crippen molar-refractivity contribution in [1.29, 1.82) is 5.26 Å². The summed E-state index contributed by atoms with van der Waals surface area (Å²) in [4.78, 5) is 15.5. The first-order chi connectivity index (χ1) is 10.3. The molecule has 0 aromatic carbocycles. The van der Waals surface area contributed by atoms with E-state index in [4.69, 9.17) is 4.74 Å². The van der Waals surface area contributed by atoms with Crippen LogP contribution >= 0.6 is 11.8 Å². The first-order valence-electron chi connectivity index (χ1n) is 7.30. The second-order valence-corrected chi connectivity index (χ2v) is 6.70. The molecule has 0 saturated carbocycles. The third kappa shape index (κ3) is 3.31. The first kappa shape index (κ1) is 14.6. The highest BCUT2D eigenvalue weighted by atomic mass is 32.2. The molecule has 2 fully saturated rings. The maximum atomic E-state index is 12.2. The van der Waals surface area contributed by atoms with Gasteiger partial charge in [0.05, 0.1) is 37.1 Å². The predicted octanol–water partition coefficient (Wildman–Crippen LogP) is 1.11. The minimum Gasteiger partial charge on any atom is -0.379 e. The summed E-state index contributed by atoms with van der Waals surface area (Å²) in [5.41, 5.74) is 0. The van der Waals surface area contributed by atoms with E-state index in [-0.39, 0.29) is 23.1 Å². The summed E-state index contributed by atoms with van der Waals surface area (Å²) < 4.78 is 5.28. The van der Waals surface area contributed by atoms with Crippen molar-refractivity contribution in [3.8, 4) is 6.07 Å². The molecule has 0 radical (unpaired) electrons. The number of allylic oxidation sites excluding steroid dienone is 4. The number of nitriles is 1. The van der Waals surface area contributed by atoms with E-state index in [1.54, 1.807) is 11.8 Å². The number of carbonyl (C=O) groups is 1. The van der Waals surface area contributed by atoms with Crippen LogP contribution < -0.4 is 5.32 Å². The molecule has 0 spiro atoms. The van der Waals surface area contributed by atoms with Gasteiger partial charge in [0.1, 0.15) is 0 Å². The molecule has 2 aliphatic heterocycles. The summed E-state index contributed by atoms with van der Waals surface area (Å²) in [6, 6.07) is 2.38. The van der Waals surface area contributed by atoms with Gasteiger partial charge in [-0.3, -0.25) is 9.69 Å². The smallest absolute Gasteiger partial charge is 0.235 e. The van der Waals surface area contributed by atoms with Gasteiger partial charge in [-0.15, -0.1) is 11.8 Å². The molecule has 1 amide bonds. The standard InChI is InChI=1S/C15H19N3O2S/c16-9-12-11-3-1-2-4-13(11)21-15(12)17-14(19)10-18-5-7-20-8-6-18/h1-2,4,11-12,15H,3,5-8,10H2,(H,17,19). The molecule has 21 heavy (non-hydrogen) atoms. The molecule has 3 unspecified atom stereocenters. The van der Waals surface area contributed by atoms with E-state index in [2.05, 4.69) is 28.4 Å². The highest BCUT2D eigenvalue weighted by molar-refractivity contribution is 8.04. The van der Waals surface area contributed by atoms with Crippen LogP contribution in [0, 0.1) is 23.2 Å². The molecule has 3 aliphatic rings. The van der Waals surface area contributed by atoms with Crippen LogP contribution in [0.2, 0.25) is 0 Å². The number of carbonyl (C=O) groups excluding carboxylic acids is 1. The molecule has 0 bridgehead atoms. The lowest BCUT2D eigenvalue weighted by atomic mass is 9.88. The minimum atomic E-state index is -0.139. The summed E-state index contributed by atoms with van der Waals surface area (Å²) in [7, 11) is 0. The number of amides is 1. The van der Waals surface area contributed by atoms with Crippen LogP contribution in [0.25, 0.3) is 0 Å². The lowest BCUT2D eigenvalue weighted by Crippen LogP contribution is -2.46. The number of hydrogen-bond donors (Lipinski definition) is 1. The molecule has 6 heteroatoms. The lowest BCUT2D eigenvalue weighted by molar-refractivity contribution is -0.123. The van der Waals surface area contributed by atoms with Crippen molar-refractivity contribution in [2.45, 2.75) is 11.8 Å². The topological polar surface area (TPSA) is 65.4 Å². The summed E-state index contributed by atoms with van der Waals surface area (Å²) in [5, 5.41) is 12.3. The zero-order chi connectivity index (χ0) is 14.7. The third-order valence-corrected chi connectivity index (χ3v) is 5.47. The van der Waals surface area contributed by atoms with E-state index in [0.717, 1.165) is 19.5 Å². The molecule has 5 nitrogen and oxygen atoms in total. The van der Waals surface area contributed by atoms with Crippen molar-refractivity contribution >= 4 is 17.7 Å². The molecule has 0 aromatic rings. The van der Waals surface area contributed by atoms with Gasteiger partial charge in [0, 0.05) is 19.0 Å². The summed E-state index contributed by atoms with van der Waals surface area (Å²) in [6.07, 6.45) is 7.09. The number of thioether (sulfide) groups is 1. The fourth-order valence-electron chi connectivity index (χ4n) is 2.95. The Kier molecular flexibility index (Phi) is 4.63. The van der Waals surface area contributed by atoms with Crippen LogP contribution in [-0.4, -0.2) is 49.0 Å². The SMILES string of the molecule is N#CC1C(NC(=O)CN2CCOCC2)SC2=CC=CCC21. The predicted molar refractivity (Wildman–Crippen MR) is 81.2 cm³/mol. The van der Waals surface area contributed by atoms with Gasteiger partial charge >= 0.3 is 0 Å². The Hall–Kier alpha value is -1.29. The van der Waals surface area contributed by atoms with E-state index < -0.39 is 0 Å². The number of morpholine rings is 1. The second kappa shape index (κ2) is 6.65. The molecule has 0 aromatic heterocycles. The second-order valence-electron chi connectivity index (χ2n) is 5.49. The number of hydrogen-bond acceptors (Lipinski definition) is 5. The maximum absolute atomic E-state index is 12.2. The Morgan fingerprint density at radius 1 is 1.52 bits per heavy atom. The summed E-state index contributed by atoms with van der Waals surface area (Å²) in [5.74, 6) is 0.111. The third-order valence-electron chi connectivity index (χ3n) is 4.10. The lowest BCUT2D eigenvalue weighted by Gasteiger charge is -2.26. The summed E-state index contributed by atoms with van der Waals surface area (Å²) >= 11 is 1.63. The molecule has 3 rings (SSSR count). The molecule has 112 valence electrons. The van der Waals surface area contributed by atoms with Gasteiger partial charge in [0.15, 0.2) is 0 Å². The molecule has 1 aliphatic carbocycles. The number of ether oxygens (including phenoxy) is 1. The molecular formula is C15H19N3O2S. The zero-order valence-corrected chi connectivity index (χ0v) is 12.6. The van der Waals surface area contributed by atoms with E-state index >= 15 is 0 Å². The molecule has 1 N–H and O–H groups in total. The van der Waals surface area contributed by atoms with Gasteiger partial charge in [0.2, 0.25) is 5.91 Å². The molecule has 3 atom stereocenters. The van der Waals surface area contributed by atoms with Crippen molar-refractivity contribution in [2.75, 3.05) is 32.8 Å². The van der Waals surface area contributed by atoms with E-state index in [9.17, 15) is 10.1 Å². The van der Waals surface area contributed by atoms with Crippen molar-refractivity contribution in [2.24, 2.45) is 11.8 Å². The fraction of sp³-hybridized carbons (Fsp3) is 0.600. The van der Waals surface area contributed by atoms with Gasteiger partial charge in [-0.05, 0) is 11.3 Å². The monoisotopic (exact) mass is 305 g/mol. The van der Waals surface area contributed by atoms with Crippen LogP contribution in [0.5, 0.6) is 0 Å². The minimum absolute atomic E-state index is 0.00172. The van der Waals surface area contributed by atoms with Crippen molar-refractivity contribution in [1.82, 2.24) is 10.2 Å². The molecule has 2 saturated heterocycles. The van der Waals surface area contributed by atoms with Crippen LogP contribution in [-0.2, 0) is 9.53 Å². The Bertz CT molecular complexity index is 506. The van der Waals surface area contributed by atoms with E-state index in [0.29, 0.717) is 19.8 Å².